The summed E-state index contributed by atoms with van der Waals surface area (Å²) in [5, 5.41) is 11.1. The number of para-hydroxylation sites is 2. The van der Waals surface area contributed by atoms with Crippen LogP contribution in [0.5, 0.6) is 0 Å². The van der Waals surface area contributed by atoms with Crippen LogP contribution in [0.1, 0.15) is 16.7 Å². The van der Waals surface area contributed by atoms with Gasteiger partial charge in [0.2, 0.25) is 0 Å². The number of rotatable bonds is 3. The molecule has 0 atom stereocenters. The van der Waals surface area contributed by atoms with Crippen molar-refractivity contribution in [1.29, 1.82) is 5.26 Å². The molecule has 3 heterocycles. The van der Waals surface area contributed by atoms with Gasteiger partial charge in [0.05, 0.1) is 16.6 Å². The number of benzene rings is 2. The van der Waals surface area contributed by atoms with Gasteiger partial charge in [-0.1, -0.05) is 41.4 Å². The first kappa shape index (κ1) is 20.1. The number of nitriles is 1. The molecule has 0 unspecified atom stereocenters. The molecule has 0 amide bonds. The maximum Gasteiger partial charge on any atom is 0.157 e. The van der Waals surface area contributed by atoms with E-state index in [1.54, 1.807) is 6.07 Å². The zero-order valence-electron chi connectivity index (χ0n) is 17.1. The molecule has 1 aliphatic rings. The first-order valence-corrected chi connectivity index (χ1v) is 11.0. The minimum absolute atomic E-state index is 0.635. The Morgan fingerprint density at radius 1 is 1.03 bits per heavy atom. The summed E-state index contributed by atoms with van der Waals surface area (Å²) in [6.45, 7) is 6.41. The van der Waals surface area contributed by atoms with Crippen LogP contribution in [-0.4, -0.2) is 40.5 Å². The van der Waals surface area contributed by atoms with Gasteiger partial charge in [-0.2, -0.15) is 5.26 Å². The number of anilines is 1. The molecule has 0 N–H and O–H groups in total. The highest BCUT2D eigenvalue weighted by atomic mass is 35.5. The minimum Gasteiger partial charge on any atom is -0.355 e. The first-order chi connectivity index (χ1) is 15.0. The van der Waals surface area contributed by atoms with Crippen molar-refractivity contribution in [3.63, 3.8) is 0 Å². The van der Waals surface area contributed by atoms with Crippen molar-refractivity contribution in [2.75, 3.05) is 31.1 Å². The van der Waals surface area contributed by atoms with Gasteiger partial charge in [-0.15, -0.1) is 0 Å². The van der Waals surface area contributed by atoms with E-state index in [4.69, 9.17) is 28.2 Å². The standard InChI is InChI=1S/C24H21Cl2N5/c1-16-12-23(31-22-5-3-2-4-21(22)28-24(31)19(16)14-27)30-10-8-29(9-11-30)15-17-6-7-18(25)13-20(17)26/h2-7,12-13H,8-11,15H2,1H3. The van der Waals surface area contributed by atoms with Crippen LogP contribution in [0.3, 0.4) is 0 Å². The van der Waals surface area contributed by atoms with E-state index in [0.717, 1.165) is 66.3 Å². The average molecular weight is 450 g/mol. The number of halogens is 2. The molecule has 4 aromatic rings. The Morgan fingerprint density at radius 2 is 1.81 bits per heavy atom. The maximum absolute atomic E-state index is 9.71. The molecule has 1 aliphatic heterocycles. The molecule has 2 aromatic heterocycles. The number of imidazole rings is 1. The fourth-order valence-corrected chi connectivity index (χ4v) is 4.80. The zero-order valence-corrected chi connectivity index (χ0v) is 18.7. The van der Waals surface area contributed by atoms with Crippen molar-refractivity contribution in [2.24, 2.45) is 0 Å². The summed E-state index contributed by atoms with van der Waals surface area (Å²) in [4.78, 5) is 9.56. The molecule has 156 valence electrons. The number of hydrogen-bond acceptors (Lipinski definition) is 4. The van der Waals surface area contributed by atoms with E-state index in [9.17, 15) is 5.26 Å². The SMILES string of the molecule is Cc1cc(N2CCN(Cc3ccc(Cl)cc3Cl)CC2)n2c(nc3ccccc32)c1C#N. The van der Waals surface area contributed by atoms with Crippen LogP contribution in [0, 0.1) is 18.3 Å². The molecule has 1 fully saturated rings. The van der Waals surface area contributed by atoms with Gasteiger partial charge < -0.3 is 4.90 Å². The zero-order chi connectivity index (χ0) is 21.5. The number of aryl methyl sites for hydroxylation is 1. The van der Waals surface area contributed by atoms with E-state index in [-0.39, 0.29) is 0 Å². The Hall–Kier alpha value is -2.78. The van der Waals surface area contributed by atoms with Gasteiger partial charge in [0.25, 0.3) is 0 Å². The summed E-state index contributed by atoms with van der Waals surface area (Å²) >= 11 is 12.4. The number of fused-ring (bicyclic) bond motifs is 3. The molecule has 5 rings (SSSR count). The van der Waals surface area contributed by atoms with Gasteiger partial charge >= 0.3 is 0 Å². The van der Waals surface area contributed by atoms with Crippen molar-refractivity contribution in [2.45, 2.75) is 13.5 Å². The van der Waals surface area contributed by atoms with Gasteiger partial charge in [-0.25, -0.2) is 4.98 Å². The van der Waals surface area contributed by atoms with Gasteiger partial charge in [-0.05, 0) is 48.4 Å². The summed E-state index contributed by atoms with van der Waals surface area (Å²) in [6, 6.07) is 18.2. The first-order valence-electron chi connectivity index (χ1n) is 10.3. The summed E-state index contributed by atoms with van der Waals surface area (Å²) in [6.07, 6.45) is 0. The quantitative estimate of drug-likeness (QED) is 0.425. The molecule has 0 aliphatic carbocycles. The van der Waals surface area contributed by atoms with E-state index >= 15 is 0 Å². The number of nitrogens with zero attached hydrogens (tertiary/aromatic N) is 5. The number of aromatic nitrogens is 2. The Bertz CT molecular complexity index is 1330. The number of pyridine rings is 1. The van der Waals surface area contributed by atoms with Crippen LogP contribution in [0.4, 0.5) is 5.82 Å². The number of hydrogen-bond donors (Lipinski definition) is 0. The molecule has 2 aromatic carbocycles. The van der Waals surface area contributed by atoms with Crippen molar-refractivity contribution >= 4 is 45.7 Å². The van der Waals surface area contributed by atoms with Crippen molar-refractivity contribution < 1.29 is 0 Å². The highest BCUT2D eigenvalue weighted by Crippen LogP contribution is 2.30. The molecule has 0 bridgehead atoms. The second kappa shape index (κ2) is 8.05. The van der Waals surface area contributed by atoms with Gasteiger partial charge in [0.15, 0.2) is 5.65 Å². The monoisotopic (exact) mass is 449 g/mol. The molecule has 0 spiro atoms. The molecular formula is C24H21Cl2N5. The van der Waals surface area contributed by atoms with Crippen LogP contribution >= 0.6 is 23.2 Å². The number of piperazine rings is 1. The highest BCUT2D eigenvalue weighted by molar-refractivity contribution is 6.35. The topological polar surface area (TPSA) is 47.6 Å². The lowest BCUT2D eigenvalue weighted by molar-refractivity contribution is 0.249. The predicted molar refractivity (Wildman–Crippen MR) is 126 cm³/mol. The van der Waals surface area contributed by atoms with E-state index in [2.05, 4.69) is 32.4 Å². The second-order valence-corrected chi connectivity index (χ2v) is 8.77. The summed E-state index contributed by atoms with van der Waals surface area (Å²) in [5.41, 5.74) is 5.35. The molecule has 0 radical (unpaired) electrons. The lowest BCUT2D eigenvalue weighted by Gasteiger charge is -2.36. The van der Waals surface area contributed by atoms with Gasteiger partial charge in [0, 0.05) is 42.8 Å². The van der Waals surface area contributed by atoms with E-state index in [1.807, 2.05) is 37.3 Å². The van der Waals surface area contributed by atoms with Crippen molar-refractivity contribution in [3.05, 3.63) is 75.3 Å². The molecular weight excluding hydrogens is 429 g/mol. The Labute approximate surface area is 191 Å². The lowest BCUT2D eigenvalue weighted by Crippen LogP contribution is -2.46. The van der Waals surface area contributed by atoms with E-state index in [1.165, 1.54) is 0 Å². The largest absolute Gasteiger partial charge is 0.355 e. The Morgan fingerprint density at radius 3 is 2.55 bits per heavy atom. The smallest absolute Gasteiger partial charge is 0.157 e. The summed E-state index contributed by atoms with van der Waals surface area (Å²) < 4.78 is 2.13. The molecule has 1 saturated heterocycles. The van der Waals surface area contributed by atoms with E-state index < -0.39 is 0 Å². The highest BCUT2D eigenvalue weighted by Gasteiger charge is 2.23. The Balaban J connectivity index is 1.45. The van der Waals surface area contributed by atoms with Crippen LogP contribution in [0.25, 0.3) is 16.7 Å². The lowest BCUT2D eigenvalue weighted by atomic mass is 10.1. The average Bonchev–Trinajstić information content (AvgIpc) is 3.15. The fraction of sp³-hybridized carbons (Fsp3) is 0.250. The summed E-state index contributed by atoms with van der Waals surface area (Å²) in [5.74, 6) is 1.09. The van der Waals surface area contributed by atoms with Crippen LogP contribution in [-0.2, 0) is 6.54 Å². The molecule has 0 saturated carbocycles. The fourth-order valence-electron chi connectivity index (χ4n) is 4.33. The Kier molecular flexibility index (Phi) is 5.23. The molecule has 5 nitrogen and oxygen atoms in total. The third-order valence-corrected chi connectivity index (χ3v) is 6.56. The van der Waals surface area contributed by atoms with Gasteiger partial charge in [-0.3, -0.25) is 9.30 Å². The predicted octanol–water partition coefficient (Wildman–Crippen LogP) is 5.30. The second-order valence-electron chi connectivity index (χ2n) is 7.93. The van der Waals surface area contributed by atoms with Crippen LogP contribution < -0.4 is 4.90 Å². The van der Waals surface area contributed by atoms with E-state index in [0.29, 0.717) is 15.6 Å². The van der Waals surface area contributed by atoms with Crippen molar-refractivity contribution in [1.82, 2.24) is 14.3 Å². The summed E-state index contributed by atoms with van der Waals surface area (Å²) in [7, 11) is 0. The molecule has 7 heteroatoms. The third-order valence-electron chi connectivity index (χ3n) is 5.97. The normalized spacial score (nSPS) is 15.0. The maximum atomic E-state index is 9.71. The van der Waals surface area contributed by atoms with Crippen molar-refractivity contribution in [3.8, 4) is 6.07 Å². The minimum atomic E-state index is 0.635. The van der Waals surface area contributed by atoms with Gasteiger partial charge in [0.1, 0.15) is 11.9 Å². The van der Waals surface area contributed by atoms with Crippen LogP contribution in [0.2, 0.25) is 10.0 Å². The van der Waals surface area contributed by atoms with Crippen LogP contribution in [0.15, 0.2) is 48.5 Å². The molecule has 31 heavy (non-hydrogen) atoms. The third kappa shape index (κ3) is 3.61.